The third-order valence-electron chi connectivity index (χ3n) is 5.91. The Hall–Kier alpha value is -2.76. The number of rotatable bonds is 4. The van der Waals surface area contributed by atoms with Gasteiger partial charge in [-0.15, -0.1) is 21.5 Å². The van der Waals surface area contributed by atoms with Crippen molar-refractivity contribution < 1.29 is 0 Å². The molecule has 0 spiro atoms. The molecule has 0 bridgehead atoms. The maximum atomic E-state index is 6.18. The van der Waals surface area contributed by atoms with E-state index >= 15 is 0 Å². The lowest BCUT2D eigenvalue weighted by Gasteiger charge is -2.13. The minimum atomic E-state index is -0.0774. The van der Waals surface area contributed by atoms with Crippen LogP contribution in [0.15, 0.2) is 59.6 Å². The number of thiophene rings is 1. The summed E-state index contributed by atoms with van der Waals surface area (Å²) in [5.41, 5.74) is 5.83. The van der Waals surface area contributed by atoms with Gasteiger partial charge < -0.3 is 0 Å². The number of aromatic nitrogens is 3. The standard InChI is InChI=1S/C25H23ClN4S/c1-15-16(2)31-25-22(15)23(19-10-12-20(26)13-11-19)27-21(24-29-28-17(3)30(24)25)14-9-18-7-5-4-6-8-18/h4-8,10-13,21H,9,14H2,1-3H3. The van der Waals surface area contributed by atoms with Crippen molar-refractivity contribution in [3.8, 4) is 5.00 Å². The van der Waals surface area contributed by atoms with Crippen molar-refractivity contribution >= 4 is 28.6 Å². The molecule has 5 rings (SSSR count). The van der Waals surface area contributed by atoms with Crippen LogP contribution in [-0.2, 0) is 6.42 Å². The number of halogens is 1. The number of nitrogens with zero attached hydrogens (tertiary/aromatic N) is 4. The Bertz CT molecular complexity index is 1270. The Morgan fingerprint density at radius 2 is 1.71 bits per heavy atom. The second kappa shape index (κ2) is 8.06. The molecule has 3 heterocycles. The quantitative estimate of drug-likeness (QED) is 0.362. The van der Waals surface area contributed by atoms with Crippen LogP contribution in [0.3, 0.4) is 0 Å². The summed E-state index contributed by atoms with van der Waals surface area (Å²) in [5.74, 6) is 1.81. The second-order valence-corrected chi connectivity index (χ2v) is 9.57. The van der Waals surface area contributed by atoms with Crippen LogP contribution in [0.25, 0.3) is 5.00 Å². The van der Waals surface area contributed by atoms with E-state index in [2.05, 4.69) is 71.1 Å². The molecule has 0 fully saturated rings. The summed E-state index contributed by atoms with van der Waals surface area (Å²) in [6.07, 6.45) is 1.80. The molecule has 0 amide bonds. The summed E-state index contributed by atoms with van der Waals surface area (Å²) in [5, 5.41) is 10.9. The van der Waals surface area contributed by atoms with Crippen molar-refractivity contribution in [2.75, 3.05) is 0 Å². The van der Waals surface area contributed by atoms with E-state index in [0.717, 1.165) is 45.8 Å². The zero-order valence-corrected chi connectivity index (χ0v) is 19.3. The van der Waals surface area contributed by atoms with Crippen molar-refractivity contribution in [1.29, 1.82) is 0 Å². The van der Waals surface area contributed by atoms with Gasteiger partial charge in [-0.25, -0.2) is 0 Å². The van der Waals surface area contributed by atoms with E-state index < -0.39 is 0 Å². The first-order valence-corrected chi connectivity index (χ1v) is 11.6. The van der Waals surface area contributed by atoms with E-state index in [1.54, 1.807) is 11.3 Å². The number of aliphatic imine (C=N–C) groups is 1. The largest absolute Gasteiger partial charge is 0.273 e. The molecule has 0 saturated heterocycles. The topological polar surface area (TPSA) is 43.1 Å². The van der Waals surface area contributed by atoms with Crippen LogP contribution >= 0.6 is 22.9 Å². The third-order valence-corrected chi connectivity index (χ3v) is 7.35. The minimum Gasteiger partial charge on any atom is -0.273 e. The molecule has 4 nitrogen and oxygen atoms in total. The fourth-order valence-electron chi connectivity index (χ4n) is 4.14. The summed E-state index contributed by atoms with van der Waals surface area (Å²) in [7, 11) is 0. The Morgan fingerprint density at radius 3 is 2.45 bits per heavy atom. The lowest BCUT2D eigenvalue weighted by Crippen LogP contribution is -2.07. The van der Waals surface area contributed by atoms with Crippen LogP contribution < -0.4 is 0 Å². The molecule has 1 aliphatic heterocycles. The highest BCUT2D eigenvalue weighted by Crippen LogP contribution is 2.39. The molecule has 0 N–H and O–H groups in total. The van der Waals surface area contributed by atoms with Crippen LogP contribution in [0.1, 0.15) is 51.2 Å². The molecule has 0 radical (unpaired) electrons. The van der Waals surface area contributed by atoms with Crippen LogP contribution in [-0.4, -0.2) is 20.5 Å². The molecule has 1 aliphatic rings. The summed E-state index contributed by atoms with van der Waals surface area (Å²) in [4.78, 5) is 6.60. The number of fused-ring (bicyclic) bond motifs is 3. The zero-order valence-electron chi connectivity index (χ0n) is 17.8. The van der Waals surface area contributed by atoms with E-state index in [-0.39, 0.29) is 6.04 Å². The van der Waals surface area contributed by atoms with Crippen molar-refractivity contribution in [3.05, 3.63) is 98.4 Å². The van der Waals surface area contributed by atoms with E-state index in [1.165, 1.54) is 21.6 Å². The summed E-state index contributed by atoms with van der Waals surface area (Å²) < 4.78 is 2.21. The van der Waals surface area contributed by atoms with Gasteiger partial charge in [0.2, 0.25) is 0 Å². The summed E-state index contributed by atoms with van der Waals surface area (Å²) in [6.45, 7) is 6.37. The van der Waals surface area contributed by atoms with Gasteiger partial charge in [0.05, 0.1) is 5.71 Å². The van der Waals surface area contributed by atoms with E-state index in [0.29, 0.717) is 0 Å². The molecule has 0 aliphatic carbocycles. The normalized spacial score (nSPS) is 15.2. The molecule has 1 unspecified atom stereocenters. The summed E-state index contributed by atoms with van der Waals surface area (Å²) >= 11 is 7.97. The smallest absolute Gasteiger partial charge is 0.163 e. The van der Waals surface area contributed by atoms with Gasteiger partial charge in [0.15, 0.2) is 5.82 Å². The molecule has 2 aromatic heterocycles. The molecule has 1 atom stereocenters. The predicted molar refractivity (Wildman–Crippen MR) is 128 cm³/mol. The van der Waals surface area contributed by atoms with Crippen molar-refractivity contribution in [3.63, 3.8) is 0 Å². The van der Waals surface area contributed by atoms with Gasteiger partial charge in [-0.1, -0.05) is 54.1 Å². The molecule has 6 heteroatoms. The molecular formula is C25H23ClN4S. The van der Waals surface area contributed by atoms with Crippen LogP contribution in [0, 0.1) is 20.8 Å². The van der Waals surface area contributed by atoms with Gasteiger partial charge in [0.1, 0.15) is 16.9 Å². The average Bonchev–Trinajstić information content (AvgIpc) is 3.25. The highest BCUT2D eigenvalue weighted by molar-refractivity contribution is 7.15. The zero-order chi connectivity index (χ0) is 21.5. The number of aryl methyl sites for hydroxylation is 3. The van der Waals surface area contributed by atoms with Gasteiger partial charge in [0, 0.05) is 21.0 Å². The first-order valence-electron chi connectivity index (χ1n) is 10.4. The van der Waals surface area contributed by atoms with E-state index in [1.807, 2.05) is 19.1 Å². The molecule has 156 valence electrons. The highest BCUT2D eigenvalue weighted by atomic mass is 35.5. The SMILES string of the molecule is Cc1sc2c(c1C)C(c1ccc(Cl)cc1)=NC(CCc1ccccc1)c1nnc(C)n1-2. The average molecular weight is 447 g/mol. The molecule has 2 aromatic carbocycles. The van der Waals surface area contributed by atoms with E-state index in [9.17, 15) is 0 Å². The van der Waals surface area contributed by atoms with Gasteiger partial charge in [-0.05, 0) is 56.9 Å². The first kappa shape index (κ1) is 20.2. The maximum Gasteiger partial charge on any atom is 0.163 e. The van der Waals surface area contributed by atoms with Crippen molar-refractivity contribution in [1.82, 2.24) is 14.8 Å². The molecule has 4 aromatic rings. The Morgan fingerprint density at radius 1 is 0.968 bits per heavy atom. The van der Waals surface area contributed by atoms with Gasteiger partial charge in [-0.2, -0.15) is 0 Å². The lowest BCUT2D eigenvalue weighted by molar-refractivity contribution is 0.606. The van der Waals surface area contributed by atoms with Gasteiger partial charge in [0.25, 0.3) is 0 Å². The number of benzene rings is 2. The highest BCUT2D eigenvalue weighted by Gasteiger charge is 2.31. The van der Waals surface area contributed by atoms with Gasteiger partial charge in [-0.3, -0.25) is 9.56 Å². The predicted octanol–water partition coefficient (Wildman–Crippen LogP) is 6.43. The summed E-state index contributed by atoms with van der Waals surface area (Å²) in [6, 6.07) is 18.5. The number of hydrogen-bond donors (Lipinski definition) is 0. The Kier molecular flexibility index (Phi) is 5.24. The molecule has 0 saturated carbocycles. The fourth-order valence-corrected chi connectivity index (χ4v) is 5.48. The van der Waals surface area contributed by atoms with Crippen molar-refractivity contribution in [2.45, 2.75) is 39.7 Å². The molecular weight excluding hydrogens is 424 g/mol. The minimum absolute atomic E-state index is 0.0774. The fraction of sp³-hybridized carbons (Fsp3) is 0.240. The van der Waals surface area contributed by atoms with Gasteiger partial charge >= 0.3 is 0 Å². The first-order chi connectivity index (χ1) is 15.0. The van der Waals surface area contributed by atoms with E-state index in [4.69, 9.17) is 16.6 Å². The lowest BCUT2D eigenvalue weighted by atomic mass is 9.99. The monoisotopic (exact) mass is 446 g/mol. The number of hydrogen-bond acceptors (Lipinski definition) is 4. The Labute approximate surface area is 191 Å². The molecule has 31 heavy (non-hydrogen) atoms. The maximum absolute atomic E-state index is 6.18. The Balaban J connectivity index is 1.68. The van der Waals surface area contributed by atoms with Crippen LogP contribution in [0.2, 0.25) is 5.02 Å². The second-order valence-electron chi connectivity index (χ2n) is 7.93. The van der Waals surface area contributed by atoms with Crippen LogP contribution in [0.4, 0.5) is 0 Å². The third kappa shape index (κ3) is 3.62. The van der Waals surface area contributed by atoms with Crippen LogP contribution in [0.5, 0.6) is 0 Å². The van der Waals surface area contributed by atoms with Crippen molar-refractivity contribution in [2.24, 2.45) is 4.99 Å².